The standard InChI is InChI=1S/C13H15ClN2O/c14-12-7-11(4-3-10(12)8-15)16-13(9-17)5-1-2-6-13/h3-4,7,16-17H,1-2,5-6,9H2. The smallest absolute Gasteiger partial charge is 0.101 e. The fraction of sp³-hybridized carbons (Fsp3) is 0.462. The maximum absolute atomic E-state index is 9.50. The van der Waals surface area contributed by atoms with Crippen molar-refractivity contribution in [1.29, 1.82) is 5.26 Å². The van der Waals surface area contributed by atoms with E-state index < -0.39 is 0 Å². The third-order valence-corrected chi connectivity index (χ3v) is 3.68. The van der Waals surface area contributed by atoms with Gasteiger partial charge in [0.1, 0.15) is 6.07 Å². The van der Waals surface area contributed by atoms with Crippen molar-refractivity contribution in [2.45, 2.75) is 31.2 Å². The lowest BCUT2D eigenvalue weighted by Crippen LogP contribution is -2.38. The number of aliphatic hydroxyl groups excluding tert-OH is 1. The predicted molar refractivity (Wildman–Crippen MR) is 68.1 cm³/mol. The van der Waals surface area contributed by atoms with Crippen molar-refractivity contribution in [2.75, 3.05) is 11.9 Å². The minimum atomic E-state index is -0.211. The van der Waals surface area contributed by atoms with Gasteiger partial charge >= 0.3 is 0 Å². The summed E-state index contributed by atoms with van der Waals surface area (Å²) in [5, 5.41) is 22.1. The van der Waals surface area contributed by atoms with Crippen LogP contribution in [0.2, 0.25) is 5.02 Å². The summed E-state index contributed by atoms with van der Waals surface area (Å²) in [7, 11) is 0. The van der Waals surface area contributed by atoms with Gasteiger partial charge in [-0.05, 0) is 31.0 Å². The number of nitrogens with one attached hydrogen (secondary N) is 1. The lowest BCUT2D eigenvalue weighted by molar-refractivity contribution is 0.214. The minimum Gasteiger partial charge on any atom is -0.394 e. The Hall–Kier alpha value is -1.24. The van der Waals surface area contributed by atoms with Gasteiger partial charge in [-0.2, -0.15) is 5.26 Å². The van der Waals surface area contributed by atoms with Gasteiger partial charge in [-0.1, -0.05) is 24.4 Å². The van der Waals surface area contributed by atoms with Crippen molar-refractivity contribution in [1.82, 2.24) is 0 Å². The van der Waals surface area contributed by atoms with Crippen LogP contribution in [0.3, 0.4) is 0 Å². The van der Waals surface area contributed by atoms with Crippen molar-refractivity contribution in [3.8, 4) is 6.07 Å². The summed E-state index contributed by atoms with van der Waals surface area (Å²) in [5.41, 5.74) is 1.13. The van der Waals surface area contributed by atoms with Crippen LogP contribution in [-0.2, 0) is 0 Å². The Kier molecular flexibility index (Phi) is 3.56. The highest BCUT2D eigenvalue weighted by atomic mass is 35.5. The first-order chi connectivity index (χ1) is 8.19. The Morgan fingerprint density at radius 3 is 2.65 bits per heavy atom. The van der Waals surface area contributed by atoms with Crippen molar-refractivity contribution in [3.05, 3.63) is 28.8 Å². The molecule has 2 rings (SSSR count). The van der Waals surface area contributed by atoms with Gasteiger partial charge in [0.2, 0.25) is 0 Å². The Labute approximate surface area is 106 Å². The number of benzene rings is 1. The van der Waals surface area contributed by atoms with Crippen molar-refractivity contribution in [2.24, 2.45) is 0 Å². The van der Waals surface area contributed by atoms with Crippen molar-refractivity contribution >= 4 is 17.3 Å². The number of hydrogen-bond acceptors (Lipinski definition) is 3. The van der Waals surface area contributed by atoms with E-state index in [2.05, 4.69) is 5.32 Å². The molecule has 17 heavy (non-hydrogen) atoms. The highest BCUT2D eigenvalue weighted by molar-refractivity contribution is 6.32. The predicted octanol–water partition coefficient (Wildman–Crippen LogP) is 2.93. The Morgan fingerprint density at radius 1 is 1.41 bits per heavy atom. The van der Waals surface area contributed by atoms with Gasteiger partial charge in [0.15, 0.2) is 0 Å². The molecule has 0 aliphatic heterocycles. The van der Waals surface area contributed by atoms with Crippen LogP contribution in [-0.4, -0.2) is 17.3 Å². The summed E-state index contributed by atoms with van der Waals surface area (Å²) in [6, 6.07) is 7.31. The lowest BCUT2D eigenvalue weighted by Gasteiger charge is -2.29. The van der Waals surface area contributed by atoms with Crippen molar-refractivity contribution < 1.29 is 5.11 Å². The summed E-state index contributed by atoms with van der Waals surface area (Å²) in [5.74, 6) is 0. The molecule has 0 radical (unpaired) electrons. The van der Waals surface area contributed by atoms with Gasteiger partial charge in [-0.25, -0.2) is 0 Å². The second-order valence-electron chi connectivity index (χ2n) is 4.58. The third-order valence-electron chi connectivity index (χ3n) is 3.36. The molecule has 0 aromatic heterocycles. The first kappa shape index (κ1) is 12.2. The summed E-state index contributed by atoms with van der Waals surface area (Å²) in [6.45, 7) is 0.130. The van der Waals surface area contributed by atoms with E-state index >= 15 is 0 Å². The molecule has 1 aromatic rings. The van der Waals surface area contributed by atoms with E-state index in [1.54, 1.807) is 12.1 Å². The monoisotopic (exact) mass is 250 g/mol. The topological polar surface area (TPSA) is 56.0 Å². The first-order valence-corrected chi connectivity index (χ1v) is 6.16. The second kappa shape index (κ2) is 4.95. The van der Waals surface area contributed by atoms with E-state index in [0.717, 1.165) is 31.4 Å². The fourth-order valence-electron chi connectivity index (χ4n) is 2.36. The number of aliphatic hydroxyl groups is 1. The van der Waals surface area contributed by atoms with Crippen LogP contribution in [0, 0.1) is 11.3 Å². The average Bonchev–Trinajstić information content (AvgIpc) is 2.79. The number of nitrogens with zero attached hydrogens (tertiary/aromatic N) is 1. The van der Waals surface area contributed by atoms with Crippen LogP contribution in [0.4, 0.5) is 5.69 Å². The van der Waals surface area contributed by atoms with E-state index in [1.165, 1.54) is 0 Å². The first-order valence-electron chi connectivity index (χ1n) is 5.78. The highest BCUT2D eigenvalue weighted by Crippen LogP contribution is 2.33. The Bertz CT molecular complexity index is 447. The number of halogens is 1. The van der Waals surface area contributed by atoms with E-state index in [4.69, 9.17) is 16.9 Å². The molecule has 0 saturated heterocycles. The molecular weight excluding hydrogens is 236 g/mol. The third kappa shape index (κ3) is 2.54. The van der Waals surface area contributed by atoms with Crippen LogP contribution in [0.5, 0.6) is 0 Å². The maximum atomic E-state index is 9.50. The van der Waals surface area contributed by atoms with Gasteiger partial charge in [0, 0.05) is 5.69 Å². The molecule has 1 fully saturated rings. The summed E-state index contributed by atoms with van der Waals surface area (Å²) in [4.78, 5) is 0. The van der Waals surface area contributed by atoms with Crippen LogP contribution in [0.1, 0.15) is 31.2 Å². The normalized spacial score (nSPS) is 17.7. The molecule has 3 nitrogen and oxygen atoms in total. The van der Waals surface area contributed by atoms with E-state index in [0.29, 0.717) is 10.6 Å². The Morgan fingerprint density at radius 2 is 2.12 bits per heavy atom. The van der Waals surface area contributed by atoms with Crippen molar-refractivity contribution in [3.63, 3.8) is 0 Å². The number of nitriles is 1. The molecule has 1 aromatic carbocycles. The van der Waals surface area contributed by atoms with Gasteiger partial charge in [0.25, 0.3) is 0 Å². The summed E-state index contributed by atoms with van der Waals surface area (Å²) < 4.78 is 0. The largest absolute Gasteiger partial charge is 0.394 e. The van der Waals surface area contributed by atoms with Crippen LogP contribution >= 0.6 is 11.6 Å². The molecule has 1 aliphatic rings. The average molecular weight is 251 g/mol. The summed E-state index contributed by atoms with van der Waals surface area (Å²) in [6.07, 6.45) is 4.22. The molecule has 2 N–H and O–H groups in total. The zero-order valence-corrected chi connectivity index (χ0v) is 10.3. The number of anilines is 1. The highest BCUT2D eigenvalue weighted by Gasteiger charge is 2.32. The van der Waals surface area contributed by atoms with Crippen LogP contribution in [0.15, 0.2) is 18.2 Å². The number of hydrogen-bond donors (Lipinski definition) is 2. The molecule has 0 amide bonds. The zero-order chi connectivity index (χ0) is 12.3. The molecule has 1 aliphatic carbocycles. The maximum Gasteiger partial charge on any atom is 0.101 e. The molecule has 0 bridgehead atoms. The molecule has 90 valence electrons. The fourth-order valence-corrected chi connectivity index (χ4v) is 2.59. The molecule has 4 heteroatoms. The van der Waals surface area contributed by atoms with Gasteiger partial charge in [-0.15, -0.1) is 0 Å². The van der Waals surface area contributed by atoms with Gasteiger partial charge < -0.3 is 10.4 Å². The van der Waals surface area contributed by atoms with E-state index in [-0.39, 0.29) is 12.1 Å². The molecule has 0 heterocycles. The summed E-state index contributed by atoms with van der Waals surface area (Å²) >= 11 is 5.98. The van der Waals surface area contributed by atoms with E-state index in [1.807, 2.05) is 12.1 Å². The molecule has 1 saturated carbocycles. The zero-order valence-electron chi connectivity index (χ0n) is 9.54. The quantitative estimate of drug-likeness (QED) is 0.867. The van der Waals surface area contributed by atoms with Crippen LogP contribution < -0.4 is 5.32 Å². The van der Waals surface area contributed by atoms with Gasteiger partial charge in [0.05, 0.1) is 22.7 Å². The van der Waals surface area contributed by atoms with Crippen LogP contribution in [0.25, 0.3) is 0 Å². The molecular formula is C13H15ClN2O. The Balaban J connectivity index is 2.19. The molecule has 0 unspecified atom stereocenters. The number of rotatable bonds is 3. The van der Waals surface area contributed by atoms with E-state index in [9.17, 15) is 5.11 Å². The SMILES string of the molecule is N#Cc1ccc(NC2(CO)CCCC2)cc1Cl. The minimum absolute atomic E-state index is 0.130. The molecule has 0 atom stereocenters. The second-order valence-corrected chi connectivity index (χ2v) is 4.98. The van der Waals surface area contributed by atoms with Gasteiger partial charge in [-0.3, -0.25) is 0 Å². The molecule has 0 spiro atoms. The lowest BCUT2D eigenvalue weighted by atomic mass is 9.98.